The van der Waals surface area contributed by atoms with Gasteiger partial charge in [0.25, 0.3) is 0 Å². The van der Waals surface area contributed by atoms with Gasteiger partial charge in [0.1, 0.15) is 5.01 Å². The van der Waals surface area contributed by atoms with Gasteiger partial charge in [-0.2, -0.15) is 0 Å². The number of nitrogens with one attached hydrogen (secondary N) is 1. The van der Waals surface area contributed by atoms with E-state index in [1.54, 1.807) is 39.8 Å². The number of benzene rings is 2. The highest BCUT2D eigenvalue weighted by atomic mass is 32.1. The second kappa shape index (κ2) is 10.1. The van der Waals surface area contributed by atoms with Crippen LogP contribution in [0.1, 0.15) is 10.6 Å². The Kier molecular flexibility index (Phi) is 7.32. The minimum absolute atomic E-state index is 0.716. The predicted octanol–water partition coefficient (Wildman–Crippen LogP) is 4.18. The van der Waals surface area contributed by atoms with E-state index < -0.39 is 0 Å². The maximum Gasteiger partial charge on any atom is 0.161 e. The molecule has 0 aliphatic rings. The van der Waals surface area contributed by atoms with Crippen LogP contribution < -0.4 is 24.3 Å². The maximum absolute atomic E-state index is 5.39. The van der Waals surface area contributed by atoms with E-state index in [1.807, 2.05) is 36.5 Å². The fraction of sp³-hybridized carbons (Fsp3) is 0.318. The first-order valence-corrected chi connectivity index (χ1v) is 10.1. The highest BCUT2D eigenvalue weighted by Gasteiger charge is 2.09. The van der Waals surface area contributed by atoms with Crippen molar-refractivity contribution in [2.75, 3.05) is 35.0 Å². The van der Waals surface area contributed by atoms with Crippen LogP contribution in [0.4, 0.5) is 0 Å². The smallest absolute Gasteiger partial charge is 0.161 e. The Morgan fingerprint density at radius 1 is 0.828 bits per heavy atom. The Morgan fingerprint density at radius 2 is 1.48 bits per heavy atom. The zero-order valence-corrected chi connectivity index (χ0v) is 18.0. The van der Waals surface area contributed by atoms with Crippen LogP contribution >= 0.6 is 11.3 Å². The summed E-state index contributed by atoms with van der Waals surface area (Å²) in [4.78, 5) is 5.63. The molecule has 0 aliphatic carbocycles. The van der Waals surface area contributed by atoms with Gasteiger partial charge in [-0.25, -0.2) is 4.98 Å². The Hall–Kier alpha value is -2.77. The fourth-order valence-electron chi connectivity index (χ4n) is 2.98. The molecule has 1 aromatic heterocycles. The molecule has 0 atom stereocenters. The molecule has 3 aromatic rings. The maximum atomic E-state index is 5.39. The van der Waals surface area contributed by atoms with Crippen molar-refractivity contribution >= 4 is 11.3 Å². The molecule has 0 bridgehead atoms. The molecule has 2 aromatic carbocycles. The number of nitrogens with zero attached hydrogens (tertiary/aromatic N) is 1. The highest BCUT2D eigenvalue weighted by Crippen LogP contribution is 2.34. The van der Waals surface area contributed by atoms with Gasteiger partial charge >= 0.3 is 0 Å². The molecule has 1 N–H and O–H groups in total. The lowest BCUT2D eigenvalue weighted by Gasteiger charge is -2.09. The van der Waals surface area contributed by atoms with E-state index in [0.717, 1.165) is 52.2 Å². The van der Waals surface area contributed by atoms with Crippen molar-refractivity contribution < 1.29 is 18.9 Å². The van der Waals surface area contributed by atoms with E-state index in [0.29, 0.717) is 5.75 Å². The van der Waals surface area contributed by atoms with Crippen LogP contribution in [-0.4, -0.2) is 40.0 Å². The van der Waals surface area contributed by atoms with Crippen LogP contribution in [0.15, 0.2) is 42.6 Å². The minimum Gasteiger partial charge on any atom is -0.493 e. The van der Waals surface area contributed by atoms with E-state index in [-0.39, 0.29) is 0 Å². The molecule has 0 aliphatic heterocycles. The first-order chi connectivity index (χ1) is 14.2. The number of methoxy groups -OCH3 is 4. The third kappa shape index (κ3) is 5.19. The lowest BCUT2D eigenvalue weighted by atomic mass is 10.1. The third-order valence-electron chi connectivity index (χ3n) is 4.54. The lowest BCUT2D eigenvalue weighted by molar-refractivity contribution is 0.354. The van der Waals surface area contributed by atoms with Crippen LogP contribution in [0, 0.1) is 0 Å². The summed E-state index contributed by atoms with van der Waals surface area (Å²) in [5.41, 5.74) is 2.26. The van der Waals surface area contributed by atoms with Crippen molar-refractivity contribution in [2.45, 2.75) is 13.0 Å². The first-order valence-electron chi connectivity index (χ1n) is 9.27. The summed E-state index contributed by atoms with van der Waals surface area (Å²) in [5, 5.41) is 4.50. The summed E-state index contributed by atoms with van der Waals surface area (Å²) >= 11 is 1.67. The highest BCUT2D eigenvalue weighted by molar-refractivity contribution is 7.15. The third-order valence-corrected chi connectivity index (χ3v) is 5.58. The van der Waals surface area contributed by atoms with Gasteiger partial charge in [0, 0.05) is 12.7 Å². The normalized spacial score (nSPS) is 10.6. The standard InChI is InChI=1S/C22H26N2O4S/c1-25-17-7-5-15(11-19(17)27-3)9-10-23-14-22-24-13-21(29-22)16-6-8-18(26-2)20(12-16)28-4/h5-8,11-13,23H,9-10,14H2,1-4H3. The van der Waals surface area contributed by atoms with Crippen LogP contribution in [0.5, 0.6) is 23.0 Å². The molecule has 6 nitrogen and oxygen atoms in total. The number of ether oxygens (including phenoxy) is 4. The molecule has 1 heterocycles. The summed E-state index contributed by atoms with van der Waals surface area (Å²) in [6.45, 7) is 1.58. The van der Waals surface area contributed by atoms with Crippen LogP contribution in [-0.2, 0) is 13.0 Å². The lowest BCUT2D eigenvalue weighted by Crippen LogP contribution is -2.16. The Bertz CT molecular complexity index is 942. The second-order valence-electron chi connectivity index (χ2n) is 6.30. The van der Waals surface area contributed by atoms with Gasteiger partial charge in [-0.05, 0) is 54.4 Å². The van der Waals surface area contributed by atoms with Crippen molar-refractivity contribution in [3.63, 3.8) is 0 Å². The SMILES string of the molecule is COc1ccc(CCNCc2ncc(-c3ccc(OC)c(OC)c3)s2)cc1OC. The van der Waals surface area contributed by atoms with Gasteiger partial charge in [0.2, 0.25) is 0 Å². The van der Waals surface area contributed by atoms with Crippen molar-refractivity contribution in [1.82, 2.24) is 10.3 Å². The molecule has 0 unspecified atom stereocenters. The van der Waals surface area contributed by atoms with E-state index in [1.165, 1.54) is 5.56 Å². The van der Waals surface area contributed by atoms with E-state index in [4.69, 9.17) is 18.9 Å². The average Bonchev–Trinajstić information content (AvgIpc) is 3.25. The van der Waals surface area contributed by atoms with Gasteiger partial charge in [0.15, 0.2) is 23.0 Å². The van der Waals surface area contributed by atoms with Crippen molar-refractivity contribution in [2.24, 2.45) is 0 Å². The monoisotopic (exact) mass is 414 g/mol. The Balaban J connectivity index is 1.55. The fourth-order valence-corrected chi connectivity index (χ4v) is 3.86. The molecule has 0 fully saturated rings. The van der Waals surface area contributed by atoms with Gasteiger partial charge in [-0.3, -0.25) is 0 Å². The quantitative estimate of drug-likeness (QED) is 0.502. The average molecular weight is 415 g/mol. The summed E-state index contributed by atoms with van der Waals surface area (Å²) in [6.07, 6.45) is 2.80. The number of thiazole rings is 1. The summed E-state index contributed by atoms with van der Waals surface area (Å²) in [7, 11) is 6.57. The molecule has 0 radical (unpaired) electrons. The second-order valence-corrected chi connectivity index (χ2v) is 7.42. The van der Waals surface area contributed by atoms with E-state index in [9.17, 15) is 0 Å². The molecular weight excluding hydrogens is 388 g/mol. The number of rotatable bonds is 10. The molecule has 29 heavy (non-hydrogen) atoms. The molecule has 0 saturated carbocycles. The van der Waals surface area contributed by atoms with E-state index >= 15 is 0 Å². The molecule has 0 saturated heterocycles. The van der Waals surface area contributed by atoms with Gasteiger partial charge in [0.05, 0.1) is 33.3 Å². The number of hydrogen-bond acceptors (Lipinski definition) is 7. The Morgan fingerprint density at radius 3 is 2.17 bits per heavy atom. The first kappa shape index (κ1) is 21.0. The van der Waals surface area contributed by atoms with Crippen molar-refractivity contribution in [1.29, 1.82) is 0 Å². The van der Waals surface area contributed by atoms with E-state index in [2.05, 4.69) is 16.4 Å². The molecule has 0 amide bonds. The zero-order valence-electron chi connectivity index (χ0n) is 17.2. The summed E-state index contributed by atoms with van der Waals surface area (Å²) < 4.78 is 21.3. The molecular formula is C22H26N2O4S. The minimum atomic E-state index is 0.716. The molecule has 3 rings (SSSR count). The number of aromatic nitrogens is 1. The van der Waals surface area contributed by atoms with Crippen LogP contribution in [0.2, 0.25) is 0 Å². The largest absolute Gasteiger partial charge is 0.493 e. The summed E-state index contributed by atoms with van der Waals surface area (Å²) in [5.74, 6) is 2.94. The van der Waals surface area contributed by atoms with Gasteiger partial charge in [-0.1, -0.05) is 6.07 Å². The molecule has 7 heteroatoms. The summed E-state index contributed by atoms with van der Waals surface area (Å²) in [6, 6.07) is 11.9. The van der Waals surface area contributed by atoms with Gasteiger partial charge in [-0.15, -0.1) is 11.3 Å². The van der Waals surface area contributed by atoms with Crippen molar-refractivity contribution in [3.8, 4) is 33.4 Å². The number of hydrogen-bond donors (Lipinski definition) is 1. The Labute approximate surface area is 175 Å². The van der Waals surface area contributed by atoms with Crippen molar-refractivity contribution in [3.05, 3.63) is 53.2 Å². The predicted molar refractivity (Wildman–Crippen MR) is 116 cm³/mol. The molecule has 154 valence electrons. The van der Waals surface area contributed by atoms with Crippen LogP contribution in [0.3, 0.4) is 0 Å². The van der Waals surface area contributed by atoms with Crippen LogP contribution in [0.25, 0.3) is 10.4 Å². The van der Waals surface area contributed by atoms with Gasteiger partial charge < -0.3 is 24.3 Å². The molecule has 0 spiro atoms. The zero-order chi connectivity index (χ0) is 20.6. The topological polar surface area (TPSA) is 61.8 Å².